The van der Waals surface area contributed by atoms with Crippen LogP contribution < -0.4 is 0 Å². The number of rotatable bonds is 10. The van der Waals surface area contributed by atoms with Crippen molar-refractivity contribution < 1.29 is 38.1 Å². The van der Waals surface area contributed by atoms with E-state index in [9.17, 15) is 19.2 Å². The second-order valence-corrected chi connectivity index (χ2v) is 7.53. The fourth-order valence-corrected chi connectivity index (χ4v) is 1.76. The summed E-state index contributed by atoms with van der Waals surface area (Å²) in [6.07, 6.45) is -1.08. The third kappa shape index (κ3) is 6.51. The van der Waals surface area contributed by atoms with Crippen LogP contribution in [0.2, 0.25) is 0 Å². The highest BCUT2D eigenvalue weighted by Crippen LogP contribution is 2.40. The number of carbonyl (C=O) groups is 4. The number of hydrogen-bond acceptors (Lipinski definition) is 8. The molecule has 0 radical (unpaired) electrons. The Labute approximate surface area is 165 Å². The smallest absolute Gasteiger partial charge is 0.333 e. The van der Waals surface area contributed by atoms with Gasteiger partial charge in [-0.05, 0) is 41.5 Å². The van der Waals surface area contributed by atoms with Gasteiger partial charge in [-0.2, -0.15) is 0 Å². The highest BCUT2D eigenvalue weighted by atomic mass is 16.6. The summed E-state index contributed by atoms with van der Waals surface area (Å²) in [7, 11) is 1.22. The average molecular weight is 398 g/mol. The van der Waals surface area contributed by atoms with Gasteiger partial charge in [0.05, 0.1) is 17.9 Å². The maximum absolute atomic E-state index is 12.8. The van der Waals surface area contributed by atoms with Gasteiger partial charge in [-0.3, -0.25) is 9.59 Å². The van der Waals surface area contributed by atoms with E-state index < -0.39 is 40.8 Å². The summed E-state index contributed by atoms with van der Waals surface area (Å²) >= 11 is 0. The van der Waals surface area contributed by atoms with E-state index in [1.165, 1.54) is 34.8 Å². The molecule has 158 valence electrons. The molecule has 0 aliphatic heterocycles. The van der Waals surface area contributed by atoms with Crippen LogP contribution in [0.5, 0.6) is 0 Å². The second-order valence-electron chi connectivity index (χ2n) is 7.53. The molecule has 0 fully saturated rings. The molecule has 0 rings (SSSR count). The molecule has 0 heterocycles. The molecule has 0 aromatic carbocycles. The summed E-state index contributed by atoms with van der Waals surface area (Å²) < 4.78 is 20.2. The lowest BCUT2D eigenvalue weighted by molar-refractivity contribution is -0.183. The molecule has 8 nitrogen and oxygen atoms in total. The predicted molar refractivity (Wildman–Crippen MR) is 101 cm³/mol. The molecule has 0 N–H and O–H groups in total. The lowest BCUT2D eigenvalue weighted by Crippen LogP contribution is -2.48. The van der Waals surface area contributed by atoms with Gasteiger partial charge in [0.25, 0.3) is 0 Å². The molecule has 0 saturated heterocycles. The van der Waals surface area contributed by atoms with Gasteiger partial charge >= 0.3 is 23.9 Å². The number of ether oxygens (including phenoxy) is 4. The minimum atomic E-state index is -1.28. The zero-order valence-corrected chi connectivity index (χ0v) is 17.7. The van der Waals surface area contributed by atoms with Crippen LogP contribution in [-0.4, -0.2) is 50.3 Å². The molecule has 0 atom stereocenters. The van der Waals surface area contributed by atoms with Crippen LogP contribution in [0.25, 0.3) is 0 Å². The molecule has 0 aliphatic carbocycles. The Morgan fingerprint density at radius 3 is 1.46 bits per heavy atom. The molecule has 0 aliphatic rings. The first-order valence-electron chi connectivity index (χ1n) is 8.63. The minimum absolute atomic E-state index is 0.163. The Balaban J connectivity index is 5.37. The molecule has 0 unspecified atom stereocenters. The molecule has 0 amide bonds. The van der Waals surface area contributed by atoms with E-state index in [0.29, 0.717) is 0 Å². The summed E-state index contributed by atoms with van der Waals surface area (Å²) in [6.45, 7) is 15.3. The van der Waals surface area contributed by atoms with Crippen LogP contribution in [-0.2, 0) is 38.1 Å². The summed E-state index contributed by atoms with van der Waals surface area (Å²) in [4.78, 5) is 48.1. The van der Waals surface area contributed by atoms with Gasteiger partial charge < -0.3 is 18.9 Å². The Morgan fingerprint density at radius 1 is 0.786 bits per heavy atom. The molecule has 0 bridgehead atoms. The Morgan fingerprint density at radius 2 is 1.14 bits per heavy atom. The molecular weight excluding hydrogens is 368 g/mol. The van der Waals surface area contributed by atoms with Gasteiger partial charge in [0.1, 0.15) is 13.2 Å². The summed E-state index contributed by atoms with van der Waals surface area (Å²) in [6, 6.07) is 0. The largest absolute Gasteiger partial charge is 0.469 e. The van der Waals surface area contributed by atoms with Crippen molar-refractivity contribution in [2.75, 3.05) is 20.3 Å². The third-order valence-corrected chi connectivity index (χ3v) is 4.54. The second kappa shape index (κ2) is 10.1. The normalized spacial score (nSPS) is 11.4. The van der Waals surface area contributed by atoms with E-state index in [-0.39, 0.29) is 24.4 Å². The molecule has 0 aromatic heterocycles. The first-order chi connectivity index (χ1) is 12.7. The van der Waals surface area contributed by atoms with Crippen LogP contribution in [0.15, 0.2) is 24.3 Å². The fraction of sp³-hybridized carbons (Fsp3) is 0.600. The molecular formula is C20H30O8. The molecule has 0 aromatic rings. The lowest BCUT2D eigenvalue weighted by atomic mass is 9.68. The van der Waals surface area contributed by atoms with E-state index in [4.69, 9.17) is 18.9 Å². The predicted octanol–water partition coefficient (Wildman–Crippen LogP) is 2.36. The molecule has 0 spiro atoms. The van der Waals surface area contributed by atoms with Crippen molar-refractivity contribution in [2.24, 2.45) is 10.8 Å². The van der Waals surface area contributed by atoms with Crippen molar-refractivity contribution in [3.05, 3.63) is 24.3 Å². The monoisotopic (exact) mass is 398 g/mol. The highest BCUT2D eigenvalue weighted by molar-refractivity contribution is 5.88. The maximum atomic E-state index is 12.8. The third-order valence-electron chi connectivity index (χ3n) is 4.54. The summed E-state index contributed by atoms with van der Waals surface area (Å²) in [5, 5.41) is 0. The standard InChI is InChI=1S/C20H30O8/c1-12(2)15(21)26-10-14(11-27-16(22)13(3)4)28-18(24)20(7,8)19(5,6)17(23)25-9/h14H,1,3,10-11H2,2,4-9H3. The van der Waals surface area contributed by atoms with Crippen molar-refractivity contribution in [1.82, 2.24) is 0 Å². The van der Waals surface area contributed by atoms with Gasteiger partial charge in [0, 0.05) is 11.1 Å². The summed E-state index contributed by atoms with van der Waals surface area (Å²) in [5.74, 6) is -2.69. The van der Waals surface area contributed by atoms with Gasteiger partial charge in [0.15, 0.2) is 6.10 Å². The van der Waals surface area contributed by atoms with Gasteiger partial charge in [-0.25, -0.2) is 9.59 Å². The highest BCUT2D eigenvalue weighted by Gasteiger charge is 2.51. The van der Waals surface area contributed by atoms with Gasteiger partial charge in [-0.1, -0.05) is 13.2 Å². The molecule has 8 heteroatoms. The summed E-state index contributed by atoms with van der Waals surface area (Å²) in [5.41, 5.74) is -2.16. The first kappa shape index (κ1) is 25.4. The van der Waals surface area contributed by atoms with E-state index in [2.05, 4.69) is 13.2 Å². The Bertz CT molecular complexity index is 627. The van der Waals surface area contributed by atoms with Crippen LogP contribution in [0.1, 0.15) is 41.5 Å². The number of methoxy groups -OCH3 is 1. The van der Waals surface area contributed by atoms with Crippen LogP contribution >= 0.6 is 0 Å². The van der Waals surface area contributed by atoms with E-state index >= 15 is 0 Å². The van der Waals surface area contributed by atoms with Crippen molar-refractivity contribution in [3.8, 4) is 0 Å². The topological polar surface area (TPSA) is 105 Å². The van der Waals surface area contributed by atoms with E-state index in [0.717, 1.165) is 0 Å². The van der Waals surface area contributed by atoms with E-state index in [1.54, 1.807) is 13.8 Å². The zero-order chi connectivity index (χ0) is 22.3. The van der Waals surface area contributed by atoms with Crippen molar-refractivity contribution in [1.29, 1.82) is 0 Å². The first-order valence-corrected chi connectivity index (χ1v) is 8.63. The Hall–Kier alpha value is -2.64. The molecule has 0 saturated carbocycles. The Kier molecular flexibility index (Phi) is 9.11. The lowest BCUT2D eigenvalue weighted by Gasteiger charge is -2.37. The van der Waals surface area contributed by atoms with Crippen LogP contribution in [0, 0.1) is 10.8 Å². The van der Waals surface area contributed by atoms with Crippen LogP contribution in [0.4, 0.5) is 0 Å². The number of esters is 4. The average Bonchev–Trinajstić information content (AvgIpc) is 2.61. The zero-order valence-electron chi connectivity index (χ0n) is 17.7. The number of hydrogen-bond donors (Lipinski definition) is 0. The van der Waals surface area contributed by atoms with Gasteiger partial charge in [-0.15, -0.1) is 0 Å². The quantitative estimate of drug-likeness (QED) is 0.314. The van der Waals surface area contributed by atoms with Crippen molar-refractivity contribution in [3.63, 3.8) is 0 Å². The fourth-order valence-electron chi connectivity index (χ4n) is 1.76. The van der Waals surface area contributed by atoms with Crippen molar-refractivity contribution >= 4 is 23.9 Å². The number of carbonyl (C=O) groups excluding carboxylic acids is 4. The van der Waals surface area contributed by atoms with Crippen molar-refractivity contribution in [2.45, 2.75) is 47.6 Å². The SMILES string of the molecule is C=C(C)C(=O)OCC(COC(=O)C(=C)C)OC(=O)C(C)(C)C(C)(C)C(=O)OC. The van der Waals surface area contributed by atoms with Gasteiger partial charge in [0.2, 0.25) is 0 Å². The van der Waals surface area contributed by atoms with Crippen LogP contribution in [0.3, 0.4) is 0 Å². The van der Waals surface area contributed by atoms with E-state index in [1.807, 2.05) is 0 Å². The minimum Gasteiger partial charge on any atom is -0.469 e. The maximum Gasteiger partial charge on any atom is 0.333 e. The molecule has 28 heavy (non-hydrogen) atoms.